The Morgan fingerprint density at radius 3 is 2.41 bits per heavy atom. The fraction of sp³-hybridized carbons (Fsp3) is 0.920. The molecule has 0 aromatic rings. The number of aliphatic hydroxyl groups is 1. The third kappa shape index (κ3) is 2.51. The molecule has 0 amide bonds. The largest absolute Gasteiger partial charge is 0.458 e. The van der Waals surface area contributed by atoms with E-state index >= 15 is 0 Å². The summed E-state index contributed by atoms with van der Waals surface area (Å²) in [5.41, 5.74) is -1.97. The molecular weight excluding hydrogens is 412 g/mol. The zero-order chi connectivity index (χ0) is 22.6. The zero-order valence-corrected chi connectivity index (χ0v) is 19.5. The maximum Gasteiger partial charge on any atom is 0.303 e. The maximum atomic E-state index is 13.0. The van der Waals surface area contributed by atoms with Crippen LogP contribution >= 0.6 is 0 Å². The van der Waals surface area contributed by atoms with E-state index in [9.17, 15) is 14.7 Å². The minimum absolute atomic E-state index is 0.0743. The lowest BCUT2D eigenvalue weighted by atomic mass is 9.44. The van der Waals surface area contributed by atoms with Crippen LogP contribution < -0.4 is 0 Å². The first-order valence-corrected chi connectivity index (χ1v) is 12.4. The predicted octanol–water partition coefficient (Wildman–Crippen LogP) is 2.77. The molecule has 4 saturated carbocycles. The standard InChI is InChI=1S/C25H36O7/c1-15(26)29-13-19(27)24(28)7-5-17-16-12-20-25(32-20)14-23(30-10-11-31-23)9-8-22(25,3)18(16)4-6-21(17,24)2/h16-18,20,28H,4-14H2,1-3H3. The van der Waals surface area contributed by atoms with Crippen LogP contribution in [0.4, 0.5) is 0 Å². The Balaban J connectivity index is 1.27. The smallest absolute Gasteiger partial charge is 0.303 e. The fourth-order valence-corrected chi connectivity index (χ4v) is 9.13. The van der Waals surface area contributed by atoms with Crippen molar-refractivity contribution >= 4 is 11.8 Å². The van der Waals surface area contributed by atoms with Gasteiger partial charge < -0.3 is 24.1 Å². The number of carbonyl (C=O) groups excluding carboxylic acids is 2. The summed E-state index contributed by atoms with van der Waals surface area (Å²) in [6.07, 6.45) is 7.08. The molecule has 6 rings (SSSR count). The number of carbonyl (C=O) groups is 2. The third-order valence-electron chi connectivity index (χ3n) is 10.9. The monoisotopic (exact) mass is 448 g/mol. The SMILES string of the molecule is CC(=O)OCC(=O)C1(O)CCC2C3CC4OC45CC4(CCC5(C)C3CCC21C)OCCO4. The highest BCUT2D eigenvalue weighted by Crippen LogP contribution is 2.75. The lowest BCUT2D eigenvalue weighted by molar-refractivity contribution is -0.229. The van der Waals surface area contributed by atoms with Gasteiger partial charge in [-0.05, 0) is 56.3 Å². The summed E-state index contributed by atoms with van der Waals surface area (Å²) in [6.45, 7) is 6.81. The number of hydrogen-bond donors (Lipinski definition) is 1. The van der Waals surface area contributed by atoms with Gasteiger partial charge >= 0.3 is 5.97 Å². The fourth-order valence-electron chi connectivity index (χ4n) is 9.13. The van der Waals surface area contributed by atoms with Gasteiger partial charge in [0.2, 0.25) is 5.78 Å². The molecule has 4 aliphatic carbocycles. The number of ketones is 1. The molecule has 0 radical (unpaired) electrons. The van der Waals surface area contributed by atoms with Crippen LogP contribution in [-0.4, -0.2) is 59.8 Å². The molecule has 6 aliphatic rings. The Bertz CT molecular complexity index is 851. The van der Waals surface area contributed by atoms with E-state index in [4.69, 9.17) is 18.9 Å². The Kier molecular flexibility index (Phi) is 4.41. The van der Waals surface area contributed by atoms with Gasteiger partial charge in [0.15, 0.2) is 12.4 Å². The number of Topliss-reactive ketones (excluding diaryl/α,β-unsaturated/α-hetero) is 1. The molecule has 0 aromatic carbocycles. The van der Waals surface area contributed by atoms with Gasteiger partial charge in [-0.2, -0.15) is 0 Å². The topological polar surface area (TPSA) is 94.6 Å². The maximum absolute atomic E-state index is 13.0. The van der Waals surface area contributed by atoms with E-state index in [-0.39, 0.29) is 35.4 Å². The molecule has 0 aromatic heterocycles. The summed E-state index contributed by atoms with van der Waals surface area (Å²) in [5.74, 6) is -0.0516. The Morgan fingerprint density at radius 2 is 1.69 bits per heavy atom. The minimum Gasteiger partial charge on any atom is -0.458 e. The third-order valence-corrected chi connectivity index (χ3v) is 10.9. The average Bonchev–Trinajstić information content (AvgIpc) is 3.11. The van der Waals surface area contributed by atoms with E-state index in [1.165, 1.54) is 6.92 Å². The second-order valence-electron chi connectivity index (χ2n) is 11.9. The van der Waals surface area contributed by atoms with Gasteiger partial charge in [-0.1, -0.05) is 13.8 Å². The first-order valence-electron chi connectivity index (χ1n) is 12.4. The Labute approximate surface area is 189 Å². The number of rotatable bonds is 3. The van der Waals surface area contributed by atoms with Crippen molar-refractivity contribution in [1.29, 1.82) is 0 Å². The highest BCUT2D eigenvalue weighted by atomic mass is 16.7. The lowest BCUT2D eigenvalue weighted by Gasteiger charge is -2.60. The number of ether oxygens (including phenoxy) is 4. The number of fused-ring (bicyclic) bond motifs is 4. The summed E-state index contributed by atoms with van der Waals surface area (Å²) in [7, 11) is 0. The Hall–Kier alpha value is -1.02. The predicted molar refractivity (Wildman–Crippen MR) is 112 cm³/mol. The molecule has 7 heteroatoms. The van der Waals surface area contributed by atoms with Crippen LogP contribution in [0.5, 0.6) is 0 Å². The lowest BCUT2D eigenvalue weighted by Crippen LogP contribution is -2.63. The van der Waals surface area contributed by atoms with Crippen molar-refractivity contribution in [2.45, 2.75) is 95.2 Å². The van der Waals surface area contributed by atoms with Crippen molar-refractivity contribution < 1.29 is 33.6 Å². The van der Waals surface area contributed by atoms with E-state index in [0.29, 0.717) is 31.5 Å². The van der Waals surface area contributed by atoms with Crippen LogP contribution in [0.3, 0.4) is 0 Å². The highest BCUT2D eigenvalue weighted by Gasteiger charge is 2.79. The highest BCUT2D eigenvalue weighted by molar-refractivity contribution is 5.90. The van der Waals surface area contributed by atoms with Crippen LogP contribution in [0.15, 0.2) is 0 Å². The molecular formula is C25H36O7. The normalized spacial score (nSPS) is 52.5. The molecule has 1 N–H and O–H groups in total. The molecule has 6 fully saturated rings. The van der Waals surface area contributed by atoms with Crippen molar-refractivity contribution in [3.63, 3.8) is 0 Å². The first-order chi connectivity index (χ1) is 15.1. The van der Waals surface area contributed by atoms with E-state index in [2.05, 4.69) is 13.8 Å². The van der Waals surface area contributed by atoms with Gasteiger partial charge in [-0.3, -0.25) is 9.59 Å². The van der Waals surface area contributed by atoms with Gasteiger partial charge in [0.1, 0.15) is 11.2 Å². The molecule has 2 aliphatic heterocycles. The van der Waals surface area contributed by atoms with E-state index in [1.807, 2.05) is 0 Å². The number of hydrogen-bond acceptors (Lipinski definition) is 7. The molecule has 0 bridgehead atoms. The Morgan fingerprint density at radius 1 is 1.00 bits per heavy atom. The van der Waals surface area contributed by atoms with Crippen LogP contribution in [0.2, 0.25) is 0 Å². The second kappa shape index (κ2) is 6.55. The molecule has 178 valence electrons. The van der Waals surface area contributed by atoms with Gasteiger partial charge in [0, 0.05) is 30.6 Å². The van der Waals surface area contributed by atoms with Gasteiger partial charge in [0.05, 0.1) is 19.3 Å². The van der Waals surface area contributed by atoms with Crippen LogP contribution in [0.25, 0.3) is 0 Å². The molecule has 2 saturated heterocycles. The quantitative estimate of drug-likeness (QED) is 0.524. The summed E-state index contributed by atoms with van der Waals surface area (Å²) in [6, 6.07) is 0. The van der Waals surface area contributed by atoms with Gasteiger partial charge in [-0.15, -0.1) is 0 Å². The van der Waals surface area contributed by atoms with Crippen molar-refractivity contribution in [3.05, 3.63) is 0 Å². The van der Waals surface area contributed by atoms with E-state index in [1.54, 1.807) is 0 Å². The number of epoxide rings is 1. The zero-order valence-electron chi connectivity index (χ0n) is 19.5. The minimum atomic E-state index is -1.42. The van der Waals surface area contributed by atoms with Gasteiger partial charge in [-0.25, -0.2) is 0 Å². The van der Waals surface area contributed by atoms with E-state index < -0.39 is 22.8 Å². The molecule has 8 unspecified atom stereocenters. The van der Waals surface area contributed by atoms with Crippen molar-refractivity contribution in [2.24, 2.45) is 28.6 Å². The van der Waals surface area contributed by atoms with Crippen LogP contribution in [-0.2, 0) is 28.5 Å². The van der Waals surface area contributed by atoms with E-state index in [0.717, 1.165) is 44.9 Å². The number of esters is 1. The molecule has 7 nitrogen and oxygen atoms in total. The molecule has 2 heterocycles. The molecule has 2 spiro atoms. The molecule has 32 heavy (non-hydrogen) atoms. The first kappa shape index (κ1) is 21.5. The van der Waals surface area contributed by atoms with Crippen LogP contribution in [0, 0.1) is 28.6 Å². The molecule has 8 atom stereocenters. The summed E-state index contributed by atoms with van der Waals surface area (Å²) < 4.78 is 23.7. The summed E-state index contributed by atoms with van der Waals surface area (Å²) in [4.78, 5) is 24.3. The second-order valence-corrected chi connectivity index (χ2v) is 11.9. The van der Waals surface area contributed by atoms with Crippen molar-refractivity contribution in [3.8, 4) is 0 Å². The average molecular weight is 449 g/mol. The summed E-state index contributed by atoms with van der Waals surface area (Å²) in [5, 5.41) is 11.6. The van der Waals surface area contributed by atoms with Crippen molar-refractivity contribution in [1.82, 2.24) is 0 Å². The van der Waals surface area contributed by atoms with Crippen molar-refractivity contribution in [2.75, 3.05) is 19.8 Å². The summed E-state index contributed by atoms with van der Waals surface area (Å²) >= 11 is 0. The van der Waals surface area contributed by atoms with Gasteiger partial charge in [0.25, 0.3) is 0 Å². The van der Waals surface area contributed by atoms with Crippen LogP contribution in [0.1, 0.15) is 72.1 Å².